The van der Waals surface area contributed by atoms with E-state index in [-0.39, 0.29) is 11.5 Å². The fraction of sp³-hybridized carbons (Fsp3) is 0.167. The Morgan fingerprint density at radius 1 is 1.00 bits per heavy atom. The molecule has 0 aliphatic rings. The van der Waals surface area contributed by atoms with Crippen molar-refractivity contribution in [3.05, 3.63) is 54.1 Å². The van der Waals surface area contributed by atoms with E-state index in [2.05, 4.69) is 0 Å². The highest BCUT2D eigenvalue weighted by atomic mass is 16.8. The lowest BCUT2D eigenvalue weighted by Crippen LogP contribution is -2.23. The summed E-state index contributed by atoms with van der Waals surface area (Å²) in [6, 6.07) is 11.4. The van der Waals surface area contributed by atoms with E-state index in [1.807, 2.05) is 0 Å². The summed E-state index contributed by atoms with van der Waals surface area (Å²) in [7, 11) is 2.99. The monoisotopic (exact) mass is 346 g/mol. The lowest BCUT2D eigenvalue weighted by atomic mass is 10.2. The van der Waals surface area contributed by atoms with Crippen molar-refractivity contribution < 1.29 is 34.0 Å². The van der Waals surface area contributed by atoms with Crippen LogP contribution in [-0.4, -0.2) is 36.9 Å². The lowest BCUT2D eigenvalue weighted by Gasteiger charge is -2.17. The molecule has 1 unspecified atom stereocenters. The van der Waals surface area contributed by atoms with Crippen LogP contribution in [0.4, 0.5) is 0 Å². The average Bonchev–Trinajstić information content (AvgIpc) is 2.60. The van der Waals surface area contributed by atoms with Gasteiger partial charge in [0.25, 0.3) is 0 Å². The second-order valence-electron chi connectivity index (χ2n) is 4.80. The smallest absolute Gasteiger partial charge is 0.358 e. The molecule has 25 heavy (non-hydrogen) atoms. The minimum absolute atomic E-state index is 0.266. The third-order valence-corrected chi connectivity index (χ3v) is 3.11. The first-order valence-corrected chi connectivity index (χ1v) is 7.26. The van der Waals surface area contributed by atoms with E-state index < -0.39 is 12.4 Å². The zero-order valence-corrected chi connectivity index (χ0v) is 13.7. The molecule has 0 spiro atoms. The molecule has 2 N–H and O–H groups in total. The van der Waals surface area contributed by atoms with Gasteiger partial charge < -0.3 is 29.2 Å². The van der Waals surface area contributed by atoms with Gasteiger partial charge in [-0.25, -0.2) is 4.79 Å². The van der Waals surface area contributed by atoms with Crippen molar-refractivity contribution in [1.29, 1.82) is 0 Å². The highest BCUT2D eigenvalue weighted by Gasteiger charge is 2.12. The fourth-order valence-corrected chi connectivity index (χ4v) is 1.99. The molecule has 0 radical (unpaired) electrons. The van der Waals surface area contributed by atoms with Gasteiger partial charge in [-0.3, -0.25) is 0 Å². The fourth-order valence-electron chi connectivity index (χ4n) is 1.99. The van der Waals surface area contributed by atoms with Gasteiger partial charge in [0.1, 0.15) is 23.0 Å². The molecule has 7 nitrogen and oxygen atoms in total. The summed E-state index contributed by atoms with van der Waals surface area (Å²) in [6.07, 6.45) is 2.33. The second kappa shape index (κ2) is 8.60. The molecule has 0 aliphatic carbocycles. The molecule has 2 aromatic rings. The number of aliphatic carboxylic acids is 1. The summed E-state index contributed by atoms with van der Waals surface area (Å²) < 4.78 is 20.9. The maximum Gasteiger partial charge on any atom is 0.358 e. The molecule has 2 rings (SSSR count). The molecule has 1 atom stereocenters. The molecule has 0 aromatic heterocycles. The maximum absolute atomic E-state index is 10.6. The van der Waals surface area contributed by atoms with E-state index in [0.29, 0.717) is 17.1 Å². The molecule has 0 saturated carbocycles. The molecule has 132 valence electrons. The van der Waals surface area contributed by atoms with Gasteiger partial charge in [-0.2, -0.15) is 0 Å². The maximum atomic E-state index is 10.6. The summed E-state index contributed by atoms with van der Waals surface area (Å²) in [6.45, 7) is -1.61. The van der Waals surface area contributed by atoms with E-state index in [0.717, 1.165) is 6.08 Å². The number of aliphatic hydroxyl groups excluding tert-OH is 1. The number of benzene rings is 2. The summed E-state index contributed by atoms with van der Waals surface area (Å²) in [5, 5.41) is 18.7. The predicted octanol–water partition coefficient (Wildman–Crippen LogP) is 2.54. The Morgan fingerprint density at radius 3 is 2.20 bits per heavy atom. The Balaban J connectivity index is 2.13. The van der Waals surface area contributed by atoms with Crippen molar-refractivity contribution in [3.8, 4) is 23.0 Å². The quantitative estimate of drug-likeness (QED) is 0.560. The van der Waals surface area contributed by atoms with Gasteiger partial charge in [-0.05, 0) is 12.1 Å². The standard InChI is InChI=1S/C18H18O7/c1-22-13-9-14(23-2)11-15(10-13)24-18(21)25-16-6-4-3-5-12(16)7-8-17(19)20/h3-11,18,21H,1-2H3,(H,19,20)/b8-7+. The van der Waals surface area contributed by atoms with E-state index in [9.17, 15) is 9.90 Å². The first-order valence-electron chi connectivity index (χ1n) is 7.26. The topological polar surface area (TPSA) is 94.5 Å². The Bertz CT molecular complexity index is 733. The molecule has 0 amide bonds. The van der Waals surface area contributed by atoms with Crippen LogP contribution in [0.25, 0.3) is 6.08 Å². The highest BCUT2D eigenvalue weighted by Crippen LogP contribution is 2.28. The Morgan fingerprint density at radius 2 is 1.60 bits per heavy atom. The summed E-state index contributed by atoms with van der Waals surface area (Å²) in [5.74, 6) is 0.442. The molecule has 7 heteroatoms. The van der Waals surface area contributed by atoms with Crippen molar-refractivity contribution in [1.82, 2.24) is 0 Å². The van der Waals surface area contributed by atoms with Crippen molar-refractivity contribution in [2.45, 2.75) is 6.48 Å². The number of methoxy groups -OCH3 is 2. The average molecular weight is 346 g/mol. The summed E-state index contributed by atoms with van der Waals surface area (Å²) in [4.78, 5) is 10.6. The van der Waals surface area contributed by atoms with Gasteiger partial charge in [0.05, 0.1) is 14.2 Å². The second-order valence-corrected chi connectivity index (χ2v) is 4.80. The third kappa shape index (κ3) is 5.43. The number of hydrogen-bond donors (Lipinski definition) is 2. The number of carboxylic acids is 1. The molecule has 0 fully saturated rings. The third-order valence-electron chi connectivity index (χ3n) is 3.11. The Labute approximate surface area is 144 Å². The molecular formula is C18H18O7. The predicted molar refractivity (Wildman–Crippen MR) is 89.9 cm³/mol. The van der Waals surface area contributed by atoms with Gasteiger partial charge in [0, 0.05) is 29.8 Å². The molecule has 0 saturated heterocycles. The highest BCUT2D eigenvalue weighted by molar-refractivity contribution is 5.85. The van der Waals surface area contributed by atoms with E-state index in [4.69, 9.17) is 24.1 Å². The summed E-state index contributed by atoms with van der Waals surface area (Å²) >= 11 is 0. The van der Waals surface area contributed by atoms with Crippen LogP contribution in [0.1, 0.15) is 5.56 Å². The minimum Gasteiger partial charge on any atom is -0.496 e. The first-order chi connectivity index (χ1) is 12.0. The molecule has 0 aliphatic heterocycles. The number of carbonyl (C=O) groups is 1. The van der Waals surface area contributed by atoms with Crippen LogP contribution < -0.4 is 18.9 Å². The van der Waals surface area contributed by atoms with Crippen LogP contribution in [-0.2, 0) is 4.79 Å². The zero-order valence-electron chi connectivity index (χ0n) is 13.7. The van der Waals surface area contributed by atoms with Crippen LogP contribution in [0.15, 0.2) is 48.5 Å². The van der Waals surface area contributed by atoms with Gasteiger partial charge in [-0.1, -0.05) is 18.2 Å². The normalized spacial score (nSPS) is 11.8. The van der Waals surface area contributed by atoms with Gasteiger partial charge in [0.2, 0.25) is 0 Å². The number of rotatable bonds is 8. The van der Waals surface area contributed by atoms with Crippen LogP contribution in [0, 0.1) is 0 Å². The number of aliphatic hydroxyl groups is 1. The largest absolute Gasteiger partial charge is 0.496 e. The van der Waals surface area contributed by atoms with Crippen molar-refractivity contribution in [2.24, 2.45) is 0 Å². The van der Waals surface area contributed by atoms with Crippen molar-refractivity contribution >= 4 is 12.0 Å². The Hall–Kier alpha value is -3.19. The first kappa shape index (κ1) is 18.2. The number of para-hydroxylation sites is 1. The van der Waals surface area contributed by atoms with Crippen molar-refractivity contribution in [3.63, 3.8) is 0 Å². The van der Waals surface area contributed by atoms with Crippen LogP contribution in [0.2, 0.25) is 0 Å². The van der Waals surface area contributed by atoms with Crippen LogP contribution in [0.3, 0.4) is 0 Å². The SMILES string of the molecule is COc1cc(OC)cc(OC(O)Oc2ccccc2/C=C/C(=O)O)c1. The van der Waals surface area contributed by atoms with E-state index in [1.54, 1.807) is 42.5 Å². The lowest BCUT2D eigenvalue weighted by molar-refractivity contribution is -0.160. The zero-order chi connectivity index (χ0) is 18.2. The van der Waals surface area contributed by atoms with Crippen LogP contribution in [0.5, 0.6) is 23.0 Å². The van der Waals surface area contributed by atoms with Crippen LogP contribution >= 0.6 is 0 Å². The van der Waals surface area contributed by atoms with E-state index >= 15 is 0 Å². The number of hydrogen-bond acceptors (Lipinski definition) is 6. The van der Waals surface area contributed by atoms with E-state index in [1.165, 1.54) is 20.3 Å². The minimum atomic E-state index is -1.61. The van der Waals surface area contributed by atoms with Gasteiger partial charge >= 0.3 is 12.4 Å². The summed E-state index contributed by atoms with van der Waals surface area (Å²) in [5.41, 5.74) is 0.482. The van der Waals surface area contributed by atoms with Crippen molar-refractivity contribution in [2.75, 3.05) is 14.2 Å². The molecular weight excluding hydrogens is 328 g/mol. The molecule has 0 heterocycles. The van der Waals surface area contributed by atoms with Gasteiger partial charge in [0.15, 0.2) is 0 Å². The molecule has 0 bridgehead atoms. The number of ether oxygens (including phenoxy) is 4. The number of carboxylic acid groups (broad SMARTS) is 1. The molecule has 2 aromatic carbocycles. The van der Waals surface area contributed by atoms with Gasteiger partial charge in [-0.15, -0.1) is 0 Å². The Kier molecular flexibility index (Phi) is 6.25.